The molecule has 0 saturated heterocycles. The third-order valence-electron chi connectivity index (χ3n) is 2.08. The van der Waals surface area contributed by atoms with Crippen LogP contribution in [0.1, 0.15) is 20.8 Å². The number of hydrogen-bond donors (Lipinski definition) is 1. The van der Waals surface area contributed by atoms with Crippen molar-refractivity contribution in [1.29, 1.82) is 0 Å². The van der Waals surface area contributed by atoms with Crippen molar-refractivity contribution in [2.45, 2.75) is 26.4 Å². The number of nitrogens with zero attached hydrogens (tertiary/aromatic N) is 2. The van der Waals surface area contributed by atoms with Gasteiger partial charge in [0.2, 0.25) is 0 Å². The molecule has 0 fully saturated rings. The van der Waals surface area contributed by atoms with E-state index in [-0.39, 0.29) is 0 Å². The molecule has 0 spiro atoms. The zero-order chi connectivity index (χ0) is 13.3. The lowest BCUT2D eigenvalue weighted by Gasteiger charge is -2.19. The standard InChI is InChI=1S/C12H14BrN3O2/c1-12(2,3)18-11(17)14-8-4-5-16-7-9(13)15-10(16)6-8/h4-7H,1-3H3,(H,14,17). The van der Waals surface area contributed by atoms with Crippen LogP contribution in [0.15, 0.2) is 29.1 Å². The van der Waals surface area contributed by atoms with E-state index in [9.17, 15) is 4.79 Å². The van der Waals surface area contributed by atoms with Gasteiger partial charge in [-0.15, -0.1) is 0 Å². The van der Waals surface area contributed by atoms with Crippen LogP contribution in [-0.4, -0.2) is 21.1 Å². The molecule has 1 amide bonds. The van der Waals surface area contributed by atoms with E-state index in [1.165, 1.54) is 0 Å². The number of anilines is 1. The van der Waals surface area contributed by atoms with Crippen molar-refractivity contribution in [2.75, 3.05) is 5.32 Å². The monoisotopic (exact) mass is 311 g/mol. The molecular weight excluding hydrogens is 298 g/mol. The summed E-state index contributed by atoms with van der Waals surface area (Å²) in [5.41, 5.74) is 0.884. The molecule has 0 aromatic carbocycles. The number of carbonyl (C=O) groups excluding carboxylic acids is 1. The first kappa shape index (κ1) is 12.9. The molecule has 0 bridgehead atoms. The van der Waals surface area contributed by atoms with E-state index >= 15 is 0 Å². The highest BCUT2D eigenvalue weighted by Crippen LogP contribution is 2.16. The summed E-state index contributed by atoms with van der Waals surface area (Å²) in [5.74, 6) is 0. The highest BCUT2D eigenvalue weighted by atomic mass is 79.9. The lowest BCUT2D eigenvalue weighted by molar-refractivity contribution is 0.0636. The van der Waals surface area contributed by atoms with Crippen molar-refractivity contribution < 1.29 is 9.53 Å². The Morgan fingerprint density at radius 2 is 2.22 bits per heavy atom. The van der Waals surface area contributed by atoms with Crippen LogP contribution in [0.5, 0.6) is 0 Å². The average molecular weight is 312 g/mol. The Labute approximate surface area is 113 Å². The molecule has 0 aliphatic heterocycles. The maximum absolute atomic E-state index is 11.6. The molecule has 2 heterocycles. The number of aromatic nitrogens is 2. The topological polar surface area (TPSA) is 55.6 Å². The van der Waals surface area contributed by atoms with E-state index in [1.54, 1.807) is 12.1 Å². The molecule has 6 heteroatoms. The minimum absolute atomic E-state index is 0.475. The number of rotatable bonds is 1. The Kier molecular flexibility index (Phi) is 3.30. The molecule has 0 aliphatic carbocycles. The summed E-state index contributed by atoms with van der Waals surface area (Å²) in [5, 5.41) is 2.67. The molecular formula is C12H14BrN3O2. The second-order valence-corrected chi connectivity index (χ2v) is 5.68. The molecule has 0 aliphatic rings. The average Bonchev–Trinajstić information content (AvgIpc) is 2.53. The number of fused-ring (bicyclic) bond motifs is 1. The summed E-state index contributed by atoms with van der Waals surface area (Å²) >= 11 is 3.30. The molecule has 5 nitrogen and oxygen atoms in total. The van der Waals surface area contributed by atoms with E-state index < -0.39 is 11.7 Å². The molecule has 0 saturated carbocycles. The molecule has 2 rings (SSSR count). The zero-order valence-electron chi connectivity index (χ0n) is 10.4. The van der Waals surface area contributed by atoms with Gasteiger partial charge in [-0.1, -0.05) is 0 Å². The molecule has 2 aromatic rings. The van der Waals surface area contributed by atoms with E-state index in [0.717, 1.165) is 10.3 Å². The second kappa shape index (κ2) is 4.61. The smallest absolute Gasteiger partial charge is 0.412 e. The van der Waals surface area contributed by atoms with E-state index in [2.05, 4.69) is 26.2 Å². The van der Waals surface area contributed by atoms with Gasteiger partial charge in [0.15, 0.2) is 0 Å². The number of pyridine rings is 1. The minimum Gasteiger partial charge on any atom is -0.444 e. The fraction of sp³-hybridized carbons (Fsp3) is 0.333. The molecule has 18 heavy (non-hydrogen) atoms. The third-order valence-corrected chi connectivity index (χ3v) is 2.46. The fourth-order valence-corrected chi connectivity index (χ4v) is 1.85. The zero-order valence-corrected chi connectivity index (χ0v) is 12.0. The van der Waals surface area contributed by atoms with Crippen molar-refractivity contribution in [3.63, 3.8) is 0 Å². The minimum atomic E-state index is -0.509. The molecule has 0 atom stereocenters. The summed E-state index contributed by atoms with van der Waals surface area (Å²) in [7, 11) is 0. The fourth-order valence-electron chi connectivity index (χ4n) is 1.45. The van der Waals surface area contributed by atoms with Crippen molar-refractivity contribution in [3.05, 3.63) is 29.1 Å². The van der Waals surface area contributed by atoms with E-state index in [4.69, 9.17) is 4.74 Å². The Bertz CT molecular complexity index is 587. The summed E-state index contributed by atoms with van der Waals surface area (Å²) in [6, 6.07) is 3.56. The van der Waals surface area contributed by atoms with E-state index in [0.29, 0.717) is 5.69 Å². The van der Waals surface area contributed by atoms with Crippen LogP contribution in [0.3, 0.4) is 0 Å². The van der Waals surface area contributed by atoms with Crippen molar-refractivity contribution in [2.24, 2.45) is 0 Å². The van der Waals surface area contributed by atoms with Crippen LogP contribution in [0.2, 0.25) is 0 Å². The molecule has 0 radical (unpaired) electrons. The number of imidazole rings is 1. The Morgan fingerprint density at radius 3 is 2.89 bits per heavy atom. The first-order valence-electron chi connectivity index (χ1n) is 5.48. The van der Waals surface area contributed by atoms with Gasteiger partial charge < -0.3 is 9.14 Å². The first-order valence-corrected chi connectivity index (χ1v) is 6.27. The maximum atomic E-state index is 11.6. The highest BCUT2D eigenvalue weighted by Gasteiger charge is 2.16. The van der Waals surface area contributed by atoms with Crippen molar-refractivity contribution >= 4 is 33.4 Å². The van der Waals surface area contributed by atoms with Gasteiger partial charge in [0.25, 0.3) is 0 Å². The lowest BCUT2D eigenvalue weighted by atomic mass is 10.2. The maximum Gasteiger partial charge on any atom is 0.412 e. The number of amides is 1. The van der Waals surface area contributed by atoms with Crippen LogP contribution in [-0.2, 0) is 4.74 Å². The number of halogens is 1. The predicted octanol–water partition coefficient (Wildman–Crippen LogP) is 3.44. The summed E-state index contributed by atoms with van der Waals surface area (Å²) < 4.78 is 7.77. The molecule has 1 N–H and O–H groups in total. The number of hydrogen-bond acceptors (Lipinski definition) is 3. The van der Waals surface area contributed by atoms with Gasteiger partial charge in [-0.25, -0.2) is 9.78 Å². The second-order valence-electron chi connectivity index (χ2n) is 4.87. The van der Waals surface area contributed by atoms with Gasteiger partial charge in [0.05, 0.1) is 0 Å². The molecule has 2 aromatic heterocycles. The van der Waals surface area contributed by atoms with Crippen molar-refractivity contribution in [1.82, 2.24) is 9.38 Å². The van der Waals surface area contributed by atoms with Crippen LogP contribution in [0.4, 0.5) is 10.5 Å². The van der Waals surface area contributed by atoms with Crippen molar-refractivity contribution in [3.8, 4) is 0 Å². The van der Waals surface area contributed by atoms with Gasteiger partial charge in [0, 0.05) is 24.1 Å². The Morgan fingerprint density at radius 1 is 1.50 bits per heavy atom. The van der Waals surface area contributed by atoms with Crippen LogP contribution in [0.25, 0.3) is 5.65 Å². The number of ether oxygens (including phenoxy) is 1. The summed E-state index contributed by atoms with van der Waals surface area (Å²) in [6.07, 6.45) is 3.18. The van der Waals surface area contributed by atoms with Crippen LogP contribution < -0.4 is 5.32 Å². The summed E-state index contributed by atoms with van der Waals surface area (Å²) in [4.78, 5) is 15.8. The Hall–Kier alpha value is -1.56. The largest absolute Gasteiger partial charge is 0.444 e. The SMILES string of the molecule is CC(C)(C)OC(=O)Nc1ccn2cc(Br)nc2c1. The van der Waals surface area contributed by atoms with E-state index in [1.807, 2.05) is 37.6 Å². The van der Waals surface area contributed by atoms with Crippen LogP contribution >= 0.6 is 15.9 Å². The Balaban J connectivity index is 2.14. The van der Waals surface area contributed by atoms with Gasteiger partial charge >= 0.3 is 6.09 Å². The lowest BCUT2D eigenvalue weighted by Crippen LogP contribution is -2.27. The normalized spacial score (nSPS) is 11.6. The third kappa shape index (κ3) is 3.22. The summed E-state index contributed by atoms with van der Waals surface area (Å²) in [6.45, 7) is 5.46. The van der Waals surface area contributed by atoms with Gasteiger partial charge in [0.1, 0.15) is 15.9 Å². The predicted molar refractivity (Wildman–Crippen MR) is 72.7 cm³/mol. The molecule has 0 unspecified atom stereocenters. The molecule has 96 valence electrons. The highest BCUT2D eigenvalue weighted by molar-refractivity contribution is 9.10. The number of nitrogens with one attached hydrogen (secondary N) is 1. The van der Waals surface area contributed by atoms with Gasteiger partial charge in [-0.2, -0.15) is 0 Å². The number of carbonyl (C=O) groups is 1. The quantitative estimate of drug-likeness (QED) is 0.877. The van der Waals surface area contributed by atoms with Gasteiger partial charge in [-0.3, -0.25) is 5.32 Å². The van der Waals surface area contributed by atoms with Crippen LogP contribution in [0, 0.1) is 0 Å². The first-order chi connectivity index (χ1) is 8.33. The van der Waals surface area contributed by atoms with Gasteiger partial charge in [-0.05, 0) is 42.8 Å².